The van der Waals surface area contributed by atoms with Crippen LogP contribution in [-0.4, -0.2) is 17.6 Å². The zero-order valence-corrected chi connectivity index (χ0v) is 8.86. The molecular formula is C13H13NO2. The molecule has 0 amide bonds. The zero-order valence-electron chi connectivity index (χ0n) is 8.86. The van der Waals surface area contributed by atoms with E-state index < -0.39 is 11.4 Å². The molecule has 1 fully saturated rings. The van der Waals surface area contributed by atoms with E-state index in [0.717, 1.165) is 24.0 Å². The van der Waals surface area contributed by atoms with Crippen LogP contribution in [0.5, 0.6) is 0 Å². The van der Waals surface area contributed by atoms with Gasteiger partial charge in [0, 0.05) is 5.56 Å². The summed E-state index contributed by atoms with van der Waals surface area (Å²) >= 11 is 0. The molecule has 0 atom stereocenters. The van der Waals surface area contributed by atoms with Gasteiger partial charge in [-0.1, -0.05) is 24.0 Å². The van der Waals surface area contributed by atoms with Crippen LogP contribution in [0.3, 0.4) is 0 Å². The molecule has 1 aliphatic carbocycles. The van der Waals surface area contributed by atoms with E-state index in [1.54, 1.807) is 0 Å². The fraction of sp³-hybridized carbons (Fsp3) is 0.308. The number of benzene rings is 1. The fourth-order valence-electron chi connectivity index (χ4n) is 1.80. The number of rotatable bonds is 2. The first kappa shape index (κ1) is 10.7. The highest BCUT2D eigenvalue weighted by Crippen LogP contribution is 2.48. The monoisotopic (exact) mass is 215 g/mol. The van der Waals surface area contributed by atoms with E-state index in [9.17, 15) is 4.79 Å². The third-order valence-electron chi connectivity index (χ3n) is 2.91. The lowest BCUT2D eigenvalue weighted by atomic mass is 9.95. The summed E-state index contributed by atoms with van der Waals surface area (Å²) in [6.07, 6.45) is 1.44. The Bertz CT molecular complexity index is 478. The Hall–Kier alpha value is -1.79. The highest BCUT2D eigenvalue weighted by atomic mass is 16.4. The molecule has 0 heterocycles. The number of carboxylic acids is 1. The Balaban J connectivity index is 2.33. The summed E-state index contributed by atoms with van der Waals surface area (Å²) in [6, 6.07) is 7.42. The molecule has 0 bridgehead atoms. The fourth-order valence-corrected chi connectivity index (χ4v) is 1.80. The molecule has 0 unspecified atom stereocenters. The Morgan fingerprint density at radius 3 is 2.81 bits per heavy atom. The van der Waals surface area contributed by atoms with Crippen molar-refractivity contribution in [1.82, 2.24) is 0 Å². The van der Waals surface area contributed by atoms with Gasteiger partial charge in [0.15, 0.2) is 0 Å². The lowest BCUT2D eigenvalue weighted by Gasteiger charge is -2.09. The molecule has 3 N–H and O–H groups in total. The van der Waals surface area contributed by atoms with Crippen LogP contribution in [0.25, 0.3) is 0 Å². The number of hydrogen-bond acceptors (Lipinski definition) is 2. The number of carbonyl (C=O) groups is 1. The van der Waals surface area contributed by atoms with Crippen molar-refractivity contribution in [3.8, 4) is 11.8 Å². The average Bonchev–Trinajstić information content (AvgIpc) is 3.08. The molecular weight excluding hydrogens is 202 g/mol. The molecule has 3 heteroatoms. The Labute approximate surface area is 94.3 Å². The van der Waals surface area contributed by atoms with Crippen LogP contribution in [0.1, 0.15) is 24.0 Å². The minimum Gasteiger partial charge on any atom is -0.481 e. The van der Waals surface area contributed by atoms with E-state index in [0.29, 0.717) is 6.54 Å². The molecule has 3 nitrogen and oxygen atoms in total. The van der Waals surface area contributed by atoms with E-state index in [-0.39, 0.29) is 0 Å². The normalized spacial score (nSPS) is 16.1. The first-order chi connectivity index (χ1) is 7.69. The maximum absolute atomic E-state index is 11.2. The summed E-state index contributed by atoms with van der Waals surface area (Å²) in [7, 11) is 0. The topological polar surface area (TPSA) is 63.3 Å². The molecule has 16 heavy (non-hydrogen) atoms. The molecule has 0 aromatic heterocycles. The quantitative estimate of drug-likeness (QED) is 0.726. The van der Waals surface area contributed by atoms with Crippen LogP contribution < -0.4 is 5.73 Å². The average molecular weight is 215 g/mol. The van der Waals surface area contributed by atoms with Gasteiger partial charge in [0.1, 0.15) is 0 Å². The number of aliphatic carboxylic acids is 1. The Kier molecular flexibility index (Phi) is 2.67. The zero-order chi connectivity index (χ0) is 11.6. The lowest BCUT2D eigenvalue weighted by Crippen LogP contribution is -2.19. The van der Waals surface area contributed by atoms with Gasteiger partial charge in [-0.2, -0.15) is 0 Å². The number of carboxylic acid groups (broad SMARTS) is 1. The van der Waals surface area contributed by atoms with Crippen LogP contribution in [-0.2, 0) is 10.2 Å². The molecule has 0 spiro atoms. The first-order valence-electron chi connectivity index (χ1n) is 5.22. The summed E-state index contributed by atoms with van der Waals surface area (Å²) in [5.74, 6) is 4.94. The van der Waals surface area contributed by atoms with Crippen LogP contribution in [0.15, 0.2) is 24.3 Å². The molecule has 0 aliphatic heterocycles. The van der Waals surface area contributed by atoms with Gasteiger partial charge in [0.05, 0.1) is 12.0 Å². The van der Waals surface area contributed by atoms with Gasteiger partial charge >= 0.3 is 5.97 Å². The highest BCUT2D eigenvalue weighted by molar-refractivity contribution is 5.85. The molecule has 1 aromatic rings. The van der Waals surface area contributed by atoms with Gasteiger partial charge in [-0.3, -0.25) is 4.79 Å². The van der Waals surface area contributed by atoms with Crippen molar-refractivity contribution >= 4 is 5.97 Å². The van der Waals surface area contributed by atoms with E-state index in [2.05, 4.69) is 11.8 Å². The molecule has 1 saturated carbocycles. The van der Waals surface area contributed by atoms with E-state index in [1.165, 1.54) is 0 Å². The molecule has 82 valence electrons. The number of hydrogen-bond donors (Lipinski definition) is 2. The van der Waals surface area contributed by atoms with Crippen molar-refractivity contribution < 1.29 is 9.90 Å². The van der Waals surface area contributed by atoms with Crippen LogP contribution >= 0.6 is 0 Å². The second kappa shape index (κ2) is 3.99. The lowest BCUT2D eigenvalue weighted by molar-refractivity contribution is -0.140. The first-order valence-corrected chi connectivity index (χ1v) is 5.22. The summed E-state index contributed by atoms with van der Waals surface area (Å²) in [5.41, 5.74) is 6.32. The van der Waals surface area contributed by atoms with Crippen LogP contribution in [0.2, 0.25) is 0 Å². The number of nitrogens with two attached hydrogens (primary N) is 1. The summed E-state index contributed by atoms with van der Waals surface area (Å²) in [4.78, 5) is 11.2. The molecule has 2 rings (SSSR count). The van der Waals surface area contributed by atoms with Gasteiger partial charge in [0.25, 0.3) is 0 Å². The molecule has 1 aromatic carbocycles. The summed E-state index contributed by atoms with van der Waals surface area (Å²) in [6.45, 7) is 0.314. The second-order valence-electron chi connectivity index (χ2n) is 3.97. The minimum absolute atomic E-state index is 0.314. The SMILES string of the molecule is NCC#Cc1cccc(C2(C(=O)O)CC2)c1. The Morgan fingerprint density at radius 2 is 2.25 bits per heavy atom. The van der Waals surface area contributed by atoms with E-state index in [4.69, 9.17) is 10.8 Å². The third kappa shape index (κ3) is 1.80. The Morgan fingerprint density at radius 1 is 1.50 bits per heavy atom. The van der Waals surface area contributed by atoms with Crippen molar-refractivity contribution in [2.24, 2.45) is 5.73 Å². The van der Waals surface area contributed by atoms with Crippen molar-refractivity contribution in [3.05, 3.63) is 35.4 Å². The third-order valence-corrected chi connectivity index (χ3v) is 2.91. The molecule has 0 radical (unpaired) electrons. The highest BCUT2D eigenvalue weighted by Gasteiger charge is 2.51. The maximum atomic E-state index is 11.2. The van der Waals surface area contributed by atoms with Gasteiger partial charge in [-0.25, -0.2) is 0 Å². The van der Waals surface area contributed by atoms with Gasteiger partial charge in [0.2, 0.25) is 0 Å². The smallest absolute Gasteiger partial charge is 0.314 e. The van der Waals surface area contributed by atoms with Gasteiger partial charge < -0.3 is 10.8 Å². The second-order valence-corrected chi connectivity index (χ2v) is 3.97. The van der Waals surface area contributed by atoms with Crippen molar-refractivity contribution in [2.45, 2.75) is 18.3 Å². The predicted octanol–water partition coefficient (Wildman–Crippen LogP) is 1.11. The molecule has 1 aliphatic rings. The van der Waals surface area contributed by atoms with Crippen LogP contribution in [0.4, 0.5) is 0 Å². The summed E-state index contributed by atoms with van der Waals surface area (Å²) < 4.78 is 0. The largest absolute Gasteiger partial charge is 0.481 e. The molecule has 0 saturated heterocycles. The van der Waals surface area contributed by atoms with Crippen molar-refractivity contribution in [2.75, 3.05) is 6.54 Å². The standard InChI is InChI=1S/C13H13NO2/c14-8-2-4-10-3-1-5-11(9-10)13(6-7-13)12(15)16/h1,3,5,9H,6-8,14H2,(H,15,16). The van der Waals surface area contributed by atoms with Gasteiger partial charge in [-0.15, -0.1) is 0 Å². The van der Waals surface area contributed by atoms with Gasteiger partial charge in [-0.05, 0) is 30.5 Å². The van der Waals surface area contributed by atoms with Crippen molar-refractivity contribution in [1.29, 1.82) is 0 Å². The summed E-state index contributed by atoms with van der Waals surface area (Å²) in [5, 5.41) is 9.17. The van der Waals surface area contributed by atoms with Crippen LogP contribution in [0, 0.1) is 11.8 Å². The van der Waals surface area contributed by atoms with Crippen molar-refractivity contribution in [3.63, 3.8) is 0 Å². The van der Waals surface area contributed by atoms with E-state index in [1.807, 2.05) is 24.3 Å². The van der Waals surface area contributed by atoms with E-state index >= 15 is 0 Å². The predicted molar refractivity (Wildman–Crippen MR) is 60.9 cm³/mol. The minimum atomic E-state index is -0.739. The maximum Gasteiger partial charge on any atom is 0.314 e.